The molecular formula is C13H16N4O3. The highest BCUT2D eigenvalue weighted by Gasteiger charge is 2.16. The topological polar surface area (TPSA) is 94.8 Å². The highest BCUT2D eigenvalue weighted by molar-refractivity contribution is 5.94. The van der Waals surface area contributed by atoms with Crippen LogP contribution in [0.25, 0.3) is 0 Å². The summed E-state index contributed by atoms with van der Waals surface area (Å²) >= 11 is 0. The third-order valence-corrected chi connectivity index (χ3v) is 2.36. The van der Waals surface area contributed by atoms with Gasteiger partial charge < -0.3 is 15.0 Å². The Morgan fingerprint density at radius 2 is 2.30 bits per heavy atom. The zero-order chi connectivity index (χ0) is 15.0. The van der Waals surface area contributed by atoms with Crippen LogP contribution in [-0.4, -0.2) is 42.8 Å². The molecule has 1 N–H and O–H groups in total. The Kier molecular flexibility index (Phi) is 5.97. The molecule has 0 atom stereocenters. The van der Waals surface area contributed by atoms with E-state index in [-0.39, 0.29) is 23.8 Å². The maximum absolute atomic E-state index is 11.5. The average molecular weight is 276 g/mol. The minimum absolute atomic E-state index is 0.0995. The quantitative estimate of drug-likeness (QED) is 0.443. The SMILES string of the molecule is CCOC(=O)/C(C#N)=C1/C=CN(CCNC(C)=O)C=N1. The van der Waals surface area contributed by atoms with Gasteiger partial charge in [-0.2, -0.15) is 5.26 Å². The summed E-state index contributed by atoms with van der Waals surface area (Å²) in [6.07, 6.45) is 4.73. The van der Waals surface area contributed by atoms with Crippen LogP contribution in [0, 0.1) is 11.3 Å². The van der Waals surface area contributed by atoms with Crippen LogP contribution < -0.4 is 5.32 Å². The number of hydrogen-bond acceptors (Lipinski definition) is 6. The van der Waals surface area contributed by atoms with Crippen molar-refractivity contribution in [2.75, 3.05) is 19.7 Å². The van der Waals surface area contributed by atoms with E-state index >= 15 is 0 Å². The minimum atomic E-state index is -0.682. The maximum Gasteiger partial charge on any atom is 0.351 e. The molecule has 0 spiro atoms. The summed E-state index contributed by atoms with van der Waals surface area (Å²) < 4.78 is 4.78. The van der Waals surface area contributed by atoms with Crippen molar-refractivity contribution in [1.82, 2.24) is 10.2 Å². The third-order valence-electron chi connectivity index (χ3n) is 2.36. The largest absolute Gasteiger partial charge is 0.462 e. The van der Waals surface area contributed by atoms with E-state index < -0.39 is 5.97 Å². The summed E-state index contributed by atoms with van der Waals surface area (Å²) in [6.45, 7) is 4.34. The second-order valence-corrected chi connectivity index (χ2v) is 3.87. The molecule has 1 rings (SSSR count). The van der Waals surface area contributed by atoms with Crippen LogP contribution in [0.3, 0.4) is 0 Å². The van der Waals surface area contributed by atoms with Crippen LogP contribution >= 0.6 is 0 Å². The highest BCUT2D eigenvalue weighted by atomic mass is 16.5. The second-order valence-electron chi connectivity index (χ2n) is 3.87. The van der Waals surface area contributed by atoms with E-state index in [4.69, 9.17) is 10.00 Å². The lowest BCUT2D eigenvalue weighted by Gasteiger charge is -2.18. The van der Waals surface area contributed by atoms with Gasteiger partial charge in [-0.1, -0.05) is 0 Å². The second kappa shape index (κ2) is 7.74. The molecule has 0 aromatic rings. The fourth-order valence-electron chi connectivity index (χ4n) is 1.44. The molecule has 7 heteroatoms. The van der Waals surface area contributed by atoms with E-state index in [2.05, 4.69) is 10.3 Å². The van der Waals surface area contributed by atoms with Gasteiger partial charge in [-0.3, -0.25) is 4.79 Å². The van der Waals surface area contributed by atoms with E-state index in [1.54, 1.807) is 30.2 Å². The fraction of sp³-hybridized carbons (Fsp3) is 0.385. The Balaban J connectivity index is 2.66. The van der Waals surface area contributed by atoms with Crippen molar-refractivity contribution >= 4 is 18.2 Å². The number of hydrogen-bond donors (Lipinski definition) is 1. The standard InChI is InChI=1S/C13H16N4O3/c1-3-20-13(19)11(8-14)12-4-6-17(9-16-12)7-5-15-10(2)18/h4,6,9H,3,5,7H2,1-2H3,(H,15,18)/b12-11-. The van der Waals surface area contributed by atoms with Gasteiger partial charge in [0.15, 0.2) is 5.57 Å². The van der Waals surface area contributed by atoms with Crippen LogP contribution in [0.5, 0.6) is 0 Å². The number of ether oxygens (including phenoxy) is 1. The summed E-state index contributed by atoms with van der Waals surface area (Å²) in [5.41, 5.74) is 0.141. The van der Waals surface area contributed by atoms with Crippen molar-refractivity contribution in [2.45, 2.75) is 13.8 Å². The van der Waals surface area contributed by atoms with Gasteiger partial charge in [0.1, 0.15) is 6.07 Å². The number of allylic oxidation sites excluding steroid dienone is 1. The van der Waals surface area contributed by atoms with Gasteiger partial charge in [-0.15, -0.1) is 0 Å². The van der Waals surface area contributed by atoms with Gasteiger partial charge in [0.05, 0.1) is 18.6 Å². The van der Waals surface area contributed by atoms with Crippen LogP contribution in [0.15, 0.2) is 28.5 Å². The zero-order valence-corrected chi connectivity index (χ0v) is 11.4. The molecule has 0 aromatic carbocycles. The number of aliphatic imine (C=N–C) groups is 1. The van der Waals surface area contributed by atoms with E-state index in [9.17, 15) is 9.59 Å². The molecule has 7 nitrogen and oxygen atoms in total. The van der Waals surface area contributed by atoms with Crippen molar-refractivity contribution in [3.8, 4) is 6.07 Å². The summed E-state index contributed by atoms with van der Waals surface area (Å²) in [4.78, 5) is 28.0. The molecular weight excluding hydrogens is 260 g/mol. The highest BCUT2D eigenvalue weighted by Crippen LogP contribution is 2.13. The number of carbonyl (C=O) groups is 2. The van der Waals surface area contributed by atoms with E-state index in [0.717, 1.165) is 0 Å². The van der Waals surface area contributed by atoms with Gasteiger partial charge in [0, 0.05) is 26.2 Å². The van der Waals surface area contributed by atoms with Gasteiger partial charge in [0.2, 0.25) is 5.91 Å². The predicted octanol–water partition coefficient (Wildman–Crippen LogP) is 0.321. The van der Waals surface area contributed by atoms with Gasteiger partial charge in [-0.25, -0.2) is 9.79 Å². The monoisotopic (exact) mass is 276 g/mol. The minimum Gasteiger partial charge on any atom is -0.462 e. The number of nitrogens with zero attached hydrogens (tertiary/aromatic N) is 3. The number of amides is 1. The summed E-state index contributed by atoms with van der Waals surface area (Å²) in [5.74, 6) is -0.781. The molecule has 0 aromatic heterocycles. The van der Waals surface area contributed by atoms with Gasteiger partial charge >= 0.3 is 5.97 Å². The Morgan fingerprint density at radius 3 is 2.80 bits per heavy atom. The lowest BCUT2D eigenvalue weighted by molar-refractivity contribution is -0.138. The molecule has 0 aliphatic carbocycles. The van der Waals surface area contributed by atoms with E-state index in [1.807, 2.05) is 0 Å². The molecule has 0 radical (unpaired) electrons. The van der Waals surface area contributed by atoms with Crippen LogP contribution in [-0.2, 0) is 14.3 Å². The number of rotatable bonds is 5. The van der Waals surface area contributed by atoms with Gasteiger partial charge in [-0.05, 0) is 13.0 Å². The number of esters is 1. The van der Waals surface area contributed by atoms with Crippen molar-refractivity contribution in [3.05, 3.63) is 23.5 Å². The molecule has 0 saturated heterocycles. The molecule has 0 fully saturated rings. The zero-order valence-electron chi connectivity index (χ0n) is 11.4. The maximum atomic E-state index is 11.5. The van der Waals surface area contributed by atoms with Crippen LogP contribution in [0.1, 0.15) is 13.8 Å². The first-order valence-electron chi connectivity index (χ1n) is 6.12. The molecule has 0 saturated carbocycles. The van der Waals surface area contributed by atoms with Crippen molar-refractivity contribution in [1.29, 1.82) is 5.26 Å². The van der Waals surface area contributed by atoms with E-state index in [1.165, 1.54) is 13.3 Å². The number of nitrogens with one attached hydrogen (secondary N) is 1. The third kappa shape index (κ3) is 4.57. The molecule has 1 amide bonds. The van der Waals surface area contributed by atoms with Crippen molar-refractivity contribution in [2.24, 2.45) is 4.99 Å². The molecule has 0 unspecified atom stereocenters. The van der Waals surface area contributed by atoms with Gasteiger partial charge in [0.25, 0.3) is 0 Å². The lowest BCUT2D eigenvalue weighted by atomic mass is 10.2. The Bertz CT molecular complexity index is 498. The normalized spacial score (nSPS) is 15.6. The van der Waals surface area contributed by atoms with Crippen molar-refractivity contribution in [3.63, 3.8) is 0 Å². The Hall–Kier alpha value is -2.62. The summed E-state index contributed by atoms with van der Waals surface area (Å²) in [5, 5.41) is 11.6. The Labute approximate surface area is 117 Å². The Morgan fingerprint density at radius 1 is 1.55 bits per heavy atom. The first-order valence-corrected chi connectivity index (χ1v) is 6.12. The molecule has 0 bridgehead atoms. The molecule has 1 heterocycles. The smallest absolute Gasteiger partial charge is 0.351 e. The number of carbonyl (C=O) groups excluding carboxylic acids is 2. The number of nitriles is 1. The van der Waals surface area contributed by atoms with Crippen LogP contribution in [0.2, 0.25) is 0 Å². The molecule has 106 valence electrons. The molecule has 1 aliphatic heterocycles. The molecule has 20 heavy (non-hydrogen) atoms. The first kappa shape index (κ1) is 15.4. The lowest BCUT2D eigenvalue weighted by Crippen LogP contribution is -2.31. The average Bonchev–Trinajstić information content (AvgIpc) is 2.41. The first-order chi connectivity index (χ1) is 9.58. The molecule has 1 aliphatic rings. The van der Waals surface area contributed by atoms with E-state index in [0.29, 0.717) is 13.1 Å². The summed E-state index contributed by atoms with van der Waals surface area (Å²) in [7, 11) is 0. The predicted molar refractivity (Wildman–Crippen MR) is 72.3 cm³/mol. The van der Waals surface area contributed by atoms with Crippen LogP contribution in [0.4, 0.5) is 0 Å². The summed E-state index contributed by atoms with van der Waals surface area (Å²) in [6, 6.07) is 1.79. The fourth-order valence-corrected chi connectivity index (χ4v) is 1.44. The van der Waals surface area contributed by atoms with Crippen molar-refractivity contribution < 1.29 is 14.3 Å².